The third kappa shape index (κ3) is 2.68. The summed E-state index contributed by atoms with van der Waals surface area (Å²) in [4.78, 5) is 28.1. The van der Waals surface area contributed by atoms with Crippen LogP contribution >= 0.6 is 0 Å². The van der Waals surface area contributed by atoms with Crippen LogP contribution < -0.4 is 11.0 Å². The molecule has 2 bridgehead atoms. The first kappa shape index (κ1) is 16.4. The van der Waals surface area contributed by atoms with Crippen molar-refractivity contribution in [3.63, 3.8) is 0 Å². The van der Waals surface area contributed by atoms with E-state index in [9.17, 15) is 9.59 Å². The highest BCUT2D eigenvalue weighted by Gasteiger charge is 2.36. The van der Waals surface area contributed by atoms with E-state index in [1.54, 1.807) is 4.57 Å². The van der Waals surface area contributed by atoms with Crippen LogP contribution in [0.5, 0.6) is 0 Å². The lowest BCUT2D eigenvalue weighted by Crippen LogP contribution is -2.56. The van der Waals surface area contributed by atoms with Crippen molar-refractivity contribution in [2.24, 2.45) is 0 Å². The van der Waals surface area contributed by atoms with Crippen molar-refractivity contribution in [2.45, 2.75) is 63.7 Å². The molecule has 0 saturated carbocycles. The maximum absolute atomic E-state index is 12.9. The molecule has 2 aliphatic heterocycles. The molecule has 1 N–H and O–H groups in total. The summed E-state index contributed by atoms with van der Waals surface area (Å²) in [6, 6.07) is 8.45. The average Bonchev–Trinajstić information content (AvgIpc) is 2.87. The number of nitrogens with zero attached hydrogens (tertiary/aromatic N) is 3. The molecule has 1 aromatic heterocycles. The molecule has 2 unspecified atom stereocenters. The predicted molar refractivity (Wildman–Crippen MR) is 98.0 cm³/mol. The quantitative estimate of drug-likeness (QED) is 0.912. The van der Waals surface area contributed by atoms with Crippen LogP contribution in [0.25, 0.3) is 11.0 Å². The number of carbonyl (C=O) groups is 1. The monoisotopic (exact) mass is 342 g/mol. The van der Waals surface area contributed by atoms with E-state index in [0.717, 1.165) is 18.4 Å². The van der Waals surface area contributed by atoms with Crippen molar-refractivity contribution < 1.29 is 4.79 Å². The van der Waals surface area contributed by atoms with Gasteiger partial charge < -0.3 is 10.2 Å². The lowest BCUT2D eigenvalue weighted by Gasteiger charge is -2.47. The largest absolute Gasteiger partial charge is 0.337 e. The summed E-state index contributed by atoms with van der Waals surface area (Å²) in [7, 11) is 2.20. The van der Waals surface area contributed by atoms with E-state index >= 15 is 0 Å². The summed E-state index contributed by atoms with van der Waals surface area (Å²) < 4.78 is 2.95. The minimum Gasteiger partial charge on any atom is -0.334 e. The van der Waals surface area contributed by atoms with Crippen molar-refractivity contribution in [2.75, 3.05) is 7.05 Å². The van der Waals surface area contributed by atoms with E-state index < -0.39 is 0 Å². The number of benzene rings is 1. The number of rotatable bonds is 2. The normalized spacial score (nSPS) is 26.7. The van der Waals surface area contributed by atoms with Gasteiger partial charge in [0.1, 0.15) is 0 Å². The Morgan fingerprint density at radius 1 is 1.16 bits per heavy atom. The number of fused-ring (bicyclic) bond motifs is 3. The SMILES string of the molecule is CCn1c(=O)n(C(=O)NC2CC3CCCC(C2)N3C)c2ccccc21. The second kappa shape index (κ2) is 6.33. The highest BCUT2D eigenvalue weighted by Crippen LogP contribution is 2.32. The summed E-state index contributed by atoms with van der Waals surface area (Å²) in [5, 5.41) is 3.14. The number of piperidine rings is 2. The Hall–Kier alpha value is -2.08. The van der Waals surface area contributed by atoms with E-state index in [1.165, 1.54) is 23.8 Å². The highest BCUT2D eigenvalue weighted by molar-refractivity contribution is 5.89. The first-order valence-electron chi connectivity index (χ1n) is 9.33. The Morgan fingerprint density at radius 3 is 2.44 bits per heavy atom. The van der Waals surface area contributed by atoms with Gasteiger partial charge in [-0.25, -0.2) is 14.2 Å². The Bertz CT molecular complexity index is 839. The van der Waals surface area contributed by atoms with Gasteiger partial charge in [0.15, 0.2) is 0 Å². The van der Waals surface area contributed by atoms with Gasteiger partial charge in [0.2, 0.25) is 0 Å². The number of imidazole rings is 1. The van der Waals surface area contributed by atoms with E-state index in [4.69, 9.17) is 0 Å². The molecule has 2 fully saturated rings. The molecule has 2 atom stereocenters. The Morgan fingerprint density at radius 2 is 1.80 bits per heavy atom. The molecule has 6 nitrogen and oxygen atoms in total. The van der Waals surface area contributed by atoms with Gasteiger partial charge in [0.05, 0.1) is 11.0 Å². The van der Waals surface area contributed by atoms with Crippen LogP contribution in [0.2, 0.25) is 0 Å². The van der Waals surface area contributed by atoms with Crippen molar-refractivity contribution >= 4 is 17.1 Å². The second-order valence-electron chi connectivity index (χ2n) is 7.37. The summed E-state index contributed by atoms with van der Waals surface area (Å²) in [6.45, 7) is 2.48. The van der Waals surface area contributed by atoms with Gasteiger partial charge in [-0.3, -0.25) is 4.57 Å². The minimum absolute atomic E-state index is 0.148. The zero-order valence-corrected chi connectivity index (χ0v) is 14.9. The van der Waals surface area contributed by atoms with Crippen molar-refractivity contribution in [3.8, 4) is 0 Å². The van der Waals surface area contributed by atoms with Gasteiger partial charge in [-0.05, 0) is 51.8 Å². The first-order valence-corrected chi connectivity index (χ1v) is 9.33. The summed E-state index contributed by atoms with van der Waals surface area (Å²) in [5.74, 6) is 0. The Labute approximate surface area is 147 Å². The molecule has 2 saturated heterocycles. The fourth-order valence-electron chi connectivity index (χ4n) is 4.68. The first-order chi connectivity index (χ1) is 12.1. The lowest BCUT2D eigenvalue weighted by molar-refractivity contribution is 0.0509. The zero-order chi connectivity index (χ0) is 17.6. The second-order valence-corrected chi connectivity index (χ2v) is 7.37. The number of hydrogen-bond acceptors (Lipinski definition) is 3. The standard InChI is InChI=1S/C19H26N4O2/c1-3-22-16-9-4-5-10-17(16)23(19(22)25)18(24)20-13-11-14-7-6-8-15(12-13)21(14)2/h4-5,9-10,13-15H,3,6-8,11-12H2,1-2H3,(H,20,24). The van der Waals surface area contributed by atoms with E-state index in [1.807, 2.05) is 31.2 Å². The molecular formula is C19H26N4O2. The number of carbonyl (C=O) groups excluding carboxylic acids is 1. The summed E-state index contributed by atoms with van der Waals surface area (Å²) in [6.07, 6.45) is 5.63. The van der Waals surface area contributed by atoms with Crippen molar-refractivity contribution in [1.29, 1.82) is 0 Å². The summed E-state index contributed by atoms with van der Waals surface area (Å²) >= 11 is 0. The molecule has 6 heteroatoms. The third-order valence-corrected chi connectivity index (χ3v) is 6.02. The summed E-state index contributed by atoms with van der Waals surface area (Å²) in [5.41, 5.74) is 1.24. The molecule has 1 aromatic carbocycles. The van der Waals surface area contributed by atoms with Crippen LogP contribution in [0, 0.1) is 0 Å². The van der Waals surface area contributed by atoms with Gasteiger partial charge in [-0.1, -0.05) is 18.6 Å². The van der Waals surface area contributed by atoms with Crippen LogP contribution in [-0.4, -0.2) is 45.2 Å². The fourth-order valence-corrected chi connectivity index (χ4v) is 4.68. The maximum Gasteiger partial charge on any atom is 0.337 e. The van der Waals surface area contributed by atoms with E-state index in [0.29, 0.717) is 24.1 Å². The van der Waals surface area contributed by atoms with Crippen LogP contribution in [-0.2, 0) is 6.54 Å². The van der Waals surface area contributed by atoms with Crippen LogP contribution in [0.3, 0.4) is 0 Å². The van der Waals surface area contributed by atoms with Gasteiger partial charge in [-0.15, -0.1) is 0 Å². The molecule has 25 heavy (non-hydrogen) atoms. The molecule has 2 aliphatic rings. The van der Waals surface area contributed by atoms with Gasteiger partial charge >= 0.3 is 11.7 Å². The van der Waals surface area contributed by atoms with Crippen LogP contribution in [0.15, 0.2) is 29.1 Å². The third-order valence-electron chi connectivity index (χ3n) is 6.02. The molecule has 0 aliphatic carbocycles. The molecule has 4 rings (SSSR count). The Kier molecular flexibility index (Phi) is 4.15. The number of nitrogens with one attached hydrogen (secondary N) is 1. The minimum atomic E-state index is -0.291. The van der Waals surface area contributed by atoms with Gasteiger partial charge in [-0.2, -0.15) is 0 Å². The van der Waals surface area contributed by atoms with Crippen LogP contribution in [0.1, 0.15) is 39.0 Å². The van der Waals surface area contributed by atoms with E-state index in [2.05, 4.69) is 17.3 Å². The fraction of sp³-hybridized carbons (Fsp3) is 0.579. The average molecular weight is 342 g/mol. The maximum atomic E-state index is 12.9. The molecular weight excluding hydrogens is 316 g/mol. The van der Waals surface area contributed by atoms with Gasteiger partial charge in [0, 0.05) is 24.7 Å². The number of amides is 1. The molecule has 1 amide bonds. The lowest BCUT2D eigenvalue weighted by atomic mass is 9.82. The van der Waals surface area contributed by atoms with E-state index in [-0.39, 0.29) is 17.8 Å². The highest BCUT2D eigenvalue weighted by atomic mass is 16.2. The number of hydrogen-bond donors (Lipinski definition) is 1. The van der Waals surface area contributed by atoms with Gasteiger partial charge in [0.25, 0.3) is 0 Å². The number of para-hydroxylation sites is 2. The molecule has 2 aromatic rings. The van der Waals surface area contributed by atoms with Crippen LogP contribution in [0.4, 0.5) is 4.79 Å². The zero-order valence-electron chi connectivity index (χ0n) is 14.9. The molecule has 0 spiro atoms. The molecule has 0 radical (unpaired) electrons. The Balaban J connectivity index is 1.61. The number of aryl methyl sites for hydroxylation is 1. The molecule has 3 heterocycles. The smallest absolute Gasteiger partial charge is 0.334 e. The number of aromatic nitrogens is 2. The topological polar surface area (TPSA) is 59.3 Å². The predicted octanol–water partition coefficient (Wildman–Crippen LogP) is 2.40. The molecule has 134 valence electrons. The van der Waals surface area contributed by atoms with Crippen molar-refractivity contribution in [3.05, 3.63) is 34.7 Å². The van der Waals surface area contributed by atoms with Crippen molar-refractivity contribution in [1.82, 2.24) is 19.4 Å².